The van der Waals surface area contributed by atoms with Gasteiger partial charge in [-0.2, -0.15) is 0 Å². The number of amides is 1. The molecule has 2 rings (SSSR count). The molecular formula is C17H18ClNO3. The quantitative estimate of drug-likeness (QED) is 0.887. The molecule has 0 fully saturated rings. The lowest BCUT2D eigenvalue weighted by Crippen LogP contribution is -2.13. The summed E-state index contributed by atoms with van der Waals surface area (Å²) in [5.41, 5.74) is 3.52. The van der Waals surface area contributed by atoms with Crippen molar-refractivity contribution in [2.75, 3.05) is 12.4 Å². The molecule has 0 radical (unpaired) electrons. The molecule has 0 heterocycles. The van der Waals surface area contributed by atoms with Crippen LogP contribution in [-0.4, -0.2) is 13.2 Å². The Bertz CT molecular complexity index is 686. The second-order valence-corrected chi connectivity index (χ2v) is 5.36. The first-order chi connectivity index (χ1) is 10.5. The number of aryl methyl sites for hydroxylation is 2. The molecule has 0 bridgehead atoms. The predicted molar refractivity (Wildman–Crippen MR) is 87.7 cm³/mol. The summed E-state index contributed by atoms with van der Waals surface area (Å²) in [6, 6.07) is 11.3. The van der Waals surface area contributed by atoms with Crippen LogP contribution in [0.1, 0.15) is 16.7 Å². The number of rotatable bonds is 4. The first kappa shape index (κ1) is 16.2. The zero-order chi connectivity index (χ0) is 16.1. The lowest BCUT2D eigenvalue weighted by atomic mass is 10.1. The van der Waals surface area contributed by atoms with Gasteiger partial charge in [-0.1, -0.05) is 41.4 Å². The van der Waals surface area contributed by atoms with Crippen molar-refractivity contribution in [2.24, 2.45) is 0 Å². The average Bonchev–Trinajstić information content (AvgIpc) is 2.49. The van der Waals surface area contributed by atoms with E-state index >= 15 is 0 Å². The molecular weight excluding hydrogens is 302 g/mol. The van der Waals surface area contributed by atoms with Crippen LogP contribution in [0.15, 0.2) is 36.4 Å². The number of carbonyl (C=O) groups is 1. The maximum absolute atomic E-state index is 11.4. The van der Waals surface area contributed by atoms with Gasteiger partial charge in [0.1, 0.15) is 12.4 Å². The number of hydrogen-bond donors (Lipinski definition) is 1. The molecule has 0 atom stereocenters. The molecule has 1 N–H and O–H groups in total. The zero-order valence-electron chi connectivity index (χ0n) is 12.8. The number of anilines is 1. The molecule has 0 aliphatic rings. The van der Waals surface area contributed by atoms with Gasteiger partial charge < -0.3 is 9.47 Å². The molecule has 2 aromatic carbocycles. The van der Waals surface area contributed by atoms with Crippen LogP contribution in [0.25, 0.3) is 0 Å². The molecule has 0 aromatic heterocycles. The van der Waals surface area contributed by atoms with Crippen molar-refractivity contribution in [3.05, 3.63) is 58.1 Å². The Labute approximate surface area is 135 Å². The summed E-state index contributed by atoms with van der Waals surface area (Å²) in [6.45, 7) is 4.32. The fourth-order valence-electron chi connectivity index (χ4n) is 2.10. The highest BCUT2D eigenvalue weighted by atomic mass is 35.5. The predicted octanol–water partition coefficient (Wildman–Crippen LogP) is 4.71. The summed E-state index contributed by atoms with van der Waals surface area (Å²) in [5, 5.41) is 3.05. The third-order valence-electron chi connectivity index (χ3n) is 3.23. The molecule has 116 valence electrons. The Morgan fingerprint density at radius 2 is 2.00 bits per heavy atom. The summed E-state index contributed by atoms with van der Waals surface area (Å²) in [5.74, 6) is 0.801. The summed E-state index contributed by atoms with van der Waals surface area (Å²) in [6.07, 6.45) is -0.569. The van der Waals surface area contributed by atoms with Crippen LogP contribution < -0.4 is 10.1 Å². The maximum atomic E-state index is 11.4. The van der Waals surface area contributed by atoms with Crippen molar-refractivity contribution in [3.63, 3.8) is 0 Å². The monoisotopic (exact) mass is 319 g/mol. The minimum absolute atomic E-state index is 0.295. The number of ether oxygens (including phenoxy) is 2. The van der Waals surface area contributed by atoms with Gasteiger partial charge in [0.25, 0.3) is 0 Å². The Morgan fingerprint density at radius 3 is 2.68 bits per heavy atom. The smallest absolute Gasteiger partial charge is 0.411 e. The third kappa shape index (κ3) is 3.92. The average molecular weight is 320 g/mol. The number of para-hydroxylation sites is 1. The fourth-order valence-corrected chi connectivity index (χ4v) is 2.34. The molecule has 2 aromatic rings. The summed E-state index contributed by atoms with van der Waals surface area (Å²) < 4.78 is 10.4. The second kappa shape index (κ2) is 7.18. The molecule has 22 heavy (non-hydrogen) atoms. The van der Waals surface area contributed by atoms with E-state index < -0.39 is 6.09 Å². The largest absolute Gasteiger partial charge is 0.489 e. The molecule has 0 saturated heterocycles. The number of methoxy groups -OCH3 is 1. The Morgan fingerprint density at radius 1 is 1.23 bits per heavy atom. The second-order valence-electron chi connectivity index (χ2n) is 4.95. The van der Waals surface area contributed by atoms with Crippen LogP contribution in [0.4, 0.5) is 10.5 Å². The molecule has 5 heteroatoms. The van der Waals surface area contributed by atoms with E-state index in [1.165, 1.54) is 12.7 Å². The molecule has 1 amide bonds. The van der Waals surface area contributed by atoms with Crippen LogP contribution >= 0.6 is 11.6 Å². The van der Waals surface area contributed by atoms with Gasteiger partial charge in [-0.05, 0) is 31.5 Å². The fraction of sp³-hybridized carbons (Fsp3) is 0.235. The van der Waals surface area contributed by atoms with E-state index in [0.717, 1.165) is 16.9 Å². The number of hydrogen-bond acceptors (Lipinski definition) is 3. The number of carbonyl (C=O) groups excluding carboxylic acids is 1. The van der Waals surface area contributed by atoms with Crippen LogP contribution in [0.5, 0.6) is 5.75 Å². The van der Waals surface area contributed by atoms with E-state index in [0.29, 0.717) is 17.3 Å². The van der Waals surface area contributed by atoms with Crippen molar-refractivity contribution in [1.82, 2.24) is 0 Å². The highest BCUT2D eigenvalue weighted by Crippen LogP contribution is 2.28. The van der Waals surface area contributed by atoms with Gasteiger partial charge in [-0.25, -0.2) is 4.79 Å². The minimum atomic E-state index is -0.569. The van der Waals surface area contributed by atoms with Gasteiger partial charge >= 0.3 is 6.09 Å². The summed E-state index contributed by atoms with van der Waals surface area (Å²) >= 11 is 6.14. The van der Waals surface area contributed by atoms with Crippen molar-refractivity contribution >= 4 is 23.4 Å². The Kier molecular flexibility index (Phi) is 5.28. The van der Waals surface area contributed by atoms with Crippen molar-refractivity contribution in [1.29, 1.82) is 0 Å². The Balaban J connectivity index is 2.18. The maximum Gasteiger partial charge on any atom is 0.411 e. The van der Waals surface area contributed by atoms with Crippen LogP contribution in [0.3, 0.4) is 0 Å². The van der Waals surface area contributed by atoms with Crippen LogP contribution in [0, 0.1) is 13.8 Å². The summed E-state index contributed by atoms with van der Waals surface area (Å²) in [4.78, 5) is 11.4. The highest BCUT2D eigenvalue weighted by molar-refractivity contribution is 6.33. The van der Waals surface area contributed by atoms with Gasteiger partial charge in [0.2, 0.25) is 0 Å². The van der Waals surface area contributed by atoms with Gasteiger partial charge in [-0.3, -0.25) is 5.32 Å². The minimum Gasteiger partial charge on any atom is -0.489 e. The van der Waals surface area contributed by atoms with E-state index in [9.17, 15) is 4.79 Å². The number of benzene rings is 2. The number of nitrogens with one attached hydrogen (secondary N) is 1. The van der Waals surface area contributed by atoms with E-state index in [1.807, 2.05) is 38.1 Å². The first-order valence-electron chi connectivity index (χ1n) is 6.83. The Hall–Kier alpha value is -2.20. The van der Waals surface area contributed by atoms with Crippen molar-refractivity contribution in [2.45, 2.75) is 20.5 Å². The third-order valence-corrected chi connectivity index (χ3v) is 3.54. The van der Waals surface area contributed by atoms with E-state index in [2.05, 4.69) is 16.1 Å². The topological polar surface area (TPSA) is 47.6 Å². The molecule has 0 aliphatic carbocycles. The van der Waals surface area contributed by atoms with Crippen molar-refractivity contribution in [3.8, 4) is 5.75 Å². The van der Waals surface area contributed by atoms with E-state index in [1.54, 1.807) is 6.07 Å². The standard InChI is InChI=1S/C17H18ClNO3/c1-11-7-8-15(12(2)9-11)22-10-13-5-4-6-14(18)16(13)19-17(20)21-3/h4-9H,10H2,1-3H3,(H,19,20). The SMILES string of the molecule is COC(=O)Nc1c(Cl)cccc1COc1ccc(C)cc1C. The summed E-state index contributed by atoms with van der Waals surface area (Å²) in [7, 11) is 1.30. The number of halogens is 1. The molecule has 4 nitrogen and oxygen atoms in total. The van der Waals surface area contributed by atoms with Crippen LogP contribution in [-0.2, 0) is 11.3 Å². The molecule has 0 saturated carbocycles. The van der Waals surface area contributed by atoms with Crippen molar-refractivity contribution < 1.29 is 14.3 Å². The first-order valence-corrected chi connectivity index (χ1v) is 7.21. The van der Waals surface area contributed by atoms with Gasteiger partial charge in [0.05, 0.1) is 17.8 Å². The lowest BCUT2D eigenvalue weighted by molar-refractivity contribution is 0.187. The highest BCUT2D eigenvalue weighted by Gasteiger charge is 2.11. The zero-order valence-corrected chi connectivity index (χ0v) is 13.5. The molecule has 0 aliphatic heterocycles. The van der Waals surface area contributed by atoms with Gasteiger partial charge in [0.15, 0.2) is 0 Å². The van der Waals surface area contributed by atoms with E-state index in [-0.39, 0.29) is 0 Å². The lowest BCUT2D eigenvalue weighted by Gasteiger charge is -2.14. The molecule has 0 spiro atoms. The van der Waals surface area contributed by atoms with Crippen LogP contribution in [0.2, 0.25) is 5.02 Å². The van der Waals surface area contributed by atoms with Gasteiger partial charge in [0, 0.05) is 5.56 Å². The van der Waals surface area contributed by atoms with E-state index in [4.69, 9.17) is 16.3 Å². The molecule has 0 unspecified atom stereocenters. The normalized spacial score (nSPS) is 10.2. The van der Waals surface area contributed by atoms with Gasteiger partial charge in [-0.15, -0.1) is 0 Å².